The summed E-state index contributed by atoms with van der Waals surface area (Å²) in [5.41, 5.74) is 1.05. The maximum absolute atomic E-state index is 13.0. The number of sulfone groups is 1. The minimum Gasteiger partial charge on any atom is -0.395 e. The predicted molar refractivity (Wildman–Crippen MR) is 97.0 cm³/mol. The molecule has 0 saturated heterocycles. The van der Waals surface area contributed by atoms with Gasteiger partial charge in [-0.3, -0.25) is 4.79 Å². The van der Waals surface area contributed by atoms with Crippen molar-refractivity contribution in [1.82, 2.24) is 4.90 Å². The van der Waals surface area contributed by atoms with Crippen molar-refractivity contribution in [1.29, 1.82) is 0 Å². The molecule has 0 heterocycles. The Balaban J connectivity index is 2.40. The summed E-state index contributed by atoms with van der Waals surface area (Å²) in [6.07, 6.45) is 0. The van der Waals surface area contributed by atoms with Crippen LogP contribution in [0.15, 0.2) is 59.5 Å². The number of benzene rings is 2. The predicted octanol–water partition coefficient (Wildman–Crippen LogP) is 2.50. The molecule has 25 heavy (non-hydrogen) atoms. The van der Waals surface area contributed by atoms with Crippen molar-refractivity contribution < 1.29 is 18.3 Å². The first-order valence-electron chi connectivity index (χ1n) is 8.15. The Hall–Kier alpha value is -2.18. The molecule has 134 valence electrons. The first-order valence-corrected chi connectivity index (χ1v) is 9.69. The summed E-state index contributed by atoms with van der Waals surface area (Å²) in [7, 11) is -3.58. The molecule has 0 aliphatic rings. The van der Waals surface area contributed by atoms with Crippen LogP contribution in [0.3, 0.4) is 0 Å². The van der Waals surface area contributed by atoms with E-state index in [0.717, 1.165) is 5.56 Å². The molecule has 1 N–H and O–H groups in total. The average Bonchev–Trinajstić information content (AvgIpc) is 2.61. The minimum atomic E-state index is -3.58. The van der Waals surface area contributed by atoms with Crippen LogP contribution in [-0.2, 0) is 16.4 Å². The number of carbonyl (C=O) groups excluding carboxylic acids is 1. The van der Waals surface area contributed by atoms with E-state index in [9.17, 15) is 18.3 Å². The fourth-order valence-electron chi connectivity index (χ4n) is 2.49. The summed E-state index contributed by atoms with van der Waals surface area (Å²) >= 11 is 0. The Morgan fingerprint density at radius 3 is 2.24 bits per heavy atom. The zero-order valence-corrected chi connectivity index (χ0v) is 15.2. The molecular weight excluding hydrogens is 338 g/mol. The fraction of sp³-hybridized carbons (Fsp3) is 0.316. The molecule has 2 aromatic rings. The van der Waals surface area contributed by atoms with Crippen LogP contribution in [0, 0.1) is 0 Å². The second kappa shape index (κ2) is 8.27. The highest BCUT2D eigenvalue weighted by Gasteiger charge is 2.27. The number of nitrogens with zero attached hydrogens (tertiary/aromatic N) is 1. The van der Waals surface area contributed by atoms with Crippen LogP contribution in [0.2, 0.25) is 0 Å². The van der Waals surface area contributed by atoms with Gasteiger partial charge in [-0.15, -0.1) is 0 Å². The lowest BCUT2D eigenvalue weighted by atomic mass is 10.1. The maximum atomic E-state index is 13.0. The van der Waals surface area contributed by atoms with Gasteiger partial charge < -0.3 is 10.0 Å². The second-order valence-electron chi connectivity index (χ2n) is 6.03. The summed E-state index contributed by atoms with van der Waals surface area (Å²) < 4.78 is 25.2. The van der Waals surface area contributed by atoms with E-state index >= 15 is 0 Å². The van der Waals surface area contributed by atoms with Gasteiger partial charge in [-0.25, -0.2) is 8.42 Å². The number of rotatable bonds is 7. The van der Waals surface area contributed by atoms with Gasteiger partial charge in [-0.05, 0) is 31.5 Å². The quantitative estimate of drug-likeness (QED) is 0.822. The van der Waals surface area contributed by atoms with E-state index in [1.165, 1.54) is 17.0 Å². The molecule has 0 spiro atoms. The van der Waals surface area contributed by atoms with Crippen LogP contribution in [0.4, 0.5) is 0 Å². The van der Waals surface area contributed by atoms with Gasteiger partial charge in [0.15, 0.2) is 9.84 Å². The molecule has 1 amide bonds. The Bertz CT molecular complexity index is 816. The van der Waals surface area contributed by atoms with Crippen LogP contribution >= 0.6 is 0 Å². The van der Waals surface area contributed by atoms with Gasteiger partial charge >= 0.3 is 0 Å². The third-order valence-electron chi connectivity index (χ3n) is 3.92. The summed E-state index contributed by atoms with van der Waals surface area (Å²) in [6.45, 7) is 3.41. The Morgan fingerprint density at radius 2 is 1.64 bits per heavy atom. The van der Waals surface area contributed by atoms with Crippen molar-refractivity contribution in [3.63, 3.8) is 0 Å². The molecular formula is C19H23NO4S. The third kappa shape index (κ3) is 4.46. The highest BCUT2D eigenvalue weighted by atomic mass is 32.2. The van der Waals surface area contributed by atoms with Gasteiger partial charge in [0.05, 0.1) is 22.3 Å². The number of aliphatic hydroxyl groups is 1. The summed E-state index contributed by atoms with van der Waals surface area (Å²) in [5, 5.41) is 8.69. The average molecular weight is 361 g/mol. The number of hydrogen-bond donors (Lipinski definition) is 1. The number of hydrogen-bond acceptors (Lipinski definition) is 4. The number of aliphatic hydroxyl groups excluding tert-OH is 1. The van der Waals surface area contributed by atoms with Crippen molar-refractivity contribution in [2.75, 3.05) is 13.2 Å². The summed E-state index contributed by atoms with van der Waals surface area (Å²) in [6, 6.07) is 15.6. The highest BCUT2D eigenvalue weighted by molar-refractivity contribution is 7.92. The second-order valence-corrected chi connectivity index (χ2v) is 8.50. The Labute approximate surface area is 148 Å². The van der Waals surface area contributed by atoms with Crippen LogP contribution in [0.1, 0.15) is 29.8 Å². The molecule has 0 unspecified atom stereocenters. The smallest absolute Gasteiger partial charge is 0.255 e. The van der Waals surface area contributed by atoms with Crippen molar-refractivity contribution in [3.8, 4) is 0 Å². The van der Waals surface area contributed by atoms with Gasteiger partial charge in [0.25, 0.3) is 5.91 Å². The Morgan fingerprint density at radius 1 is 1.04 bits per heavy atom. The highest BCUT2D eigenvalue weighted by Crippen LogP contribution is 2.22. The van der Waals surface area contributed by atoms with Gasteiger partial charge in [0.1, 0.15) is 0 Å². The Kier molecular flexibility index (Phi) is 6.33. The van der Waals surface area contributed by atoms with Crippen LogP contribution in [0.5, 0.6) is 0 Å². The SMILES string of the molecule is CC(C)S(=O)(=O)c1ccccc1C(=O)N(CCO)Cc1ccccc1. The van der Waals surface area contributed by atoms with E-state index in [4.69, 9.17) is 0 Å². The molecule has 0 saturated carbocycles. The molecule has 0 bridgehead atoms. The molecule has 0 aromatic heterocycles. The van der Waals surface area contributed by atoms with E-state index in [-0.39, 0.29) is 23.6 Å². The first kappa shape index (κ1) is 19.1. The van der Waals surface area contributed by atoms with Crippen molar-refractivity contribution >= 4 is 15.7 Å². The molecule has 6 heteroatoms. The van der Waals surface area contributed by atoms with Crippen LogP contribution < -0.4 is 0 Å². The van der Waals surface area contributed by atoms with Gasteiger partial charge in [0, 0.05) is 13.1 Å². The molecule has 2 rings (SSSR count). The van der Waals surface area contributed by atoms with E-state index in [0.29, 0.717) is 6.54 Å². The lowest BCUT2D eigenvalue weighted by Gasteiger charge is -2.23. The molecule has 2 aromatic carbocycles. The molecule has 0 aliphatic carbocycles. The zero-order valence-electron chi connectivity index (χ0n) is 14.4. The monoisotopic (exact) mass is 361 g/mol. The number of carbonyl (C=O) groups is 1. The third-order valence-corrected chi connectivity index (χ3v) is 6.13. The topological polar surface area (TPSA) is 74.7 Å². The minimum absolute atomic E-state index is 0.0333. The summed E-state index contributed by atoms with van der Waals surface area (Å²) in [5.74, 6) is -0.405. The van der Waals surface area contributed by atoms with Crippen LogP contribution in [0.25, 0.3) is 0 Å². The summed E-state index contributed by atoms with van der Waals surface area (Å²) in [4.78, 5) is 14.5. The molecule has 0 radical (unpaired) electrons. The number of amides is 1. The molecule has 0 atom stereocenters. The van der Waals surface area contributed by atoms with Gasteiger partial charge in [-0.1, -0.05) is 42.5 Å². The van der Waals surface area contributed by atoms with E-state index in [1.807, 2.05) is 30.3 Å². The van der Waals surface area contributed by atoms with Gasteiger partial charge in [0.2, 0.25) is 0 Å². The molecule has 5 nitrogen and oxygen atoms in total. The largest absolute Gasteiger partial charge is 0.395 e. The van der Waals surface area contributed by atoms with Crippen LogP contribution in [-0.4, -0.2) is 42.7 Å². The normalized spacial score (nSPS) is 11.5. The van der Waals surface area contributed by atoms with Gasteiger partial charge in [-0.2, -0.15) is 0 Å². The first-order chi connectivity index (χ1) is 11.9. The lowest BCUT2D eigenvalue weighted by molar-refractivity contribution is 0.0704. The van der Waals surface area contributed by atoms with Crippen molar-refractivity contribution in [2.24, 2.45) is 0 Å². The van der Waals surface area contributed by atoms with E-state index < -0.39 is 21.0 Å². The zero-order chi connectivity index (χ0) is 18.4. The van der Waals surface area contributed by atoms with E-state index in [2.05, 4.69) is 0 Å². The van der Waals surface area contributed by atoms with Crippen molar-refractivity contribution in [3.05, 3.63) is 65.7 Å². The van der Waals surface area contributed by atoms with Crippen molar-refractivity contribution in [2.45, 2.75) is 30.5 Å². The van der Waals surface area contributed by atoms with E-state index in [1.54, 1.807) is 26.0 Å². The lowest BCUT2D eigenvalue weighted by Crippen LogP contribution is -2.34. The fourth-order valence-corrected chi connectivity index (χ4v) is 3.73. The maximum Gasteiger partial charge on any atom is 0.255 e. The molecule has 0 aliphatic heterocycles. The molecule has 0 fully saturated rings. The standard InChI is InChI=1S/C19H23NO4S/c1-15(2)25(23,24)18-11-7-6-10-17(18)19(22)20(12-13-21)14-16-8-4-3-5-9-16/h3-11,15,21H,12-14H2,1-2H3.